The van der Waals surface area contributed by atoms with Crippen LogP contribution >= 0.6 is 0 Å². The van der Waals surface area contributed by atoms with Gasteiger partial charge in [-0.2, -0.15) is 0 Å². The Morgan fingerprint density at radius 1 is 1.11 bits per heavy atom. The van der Waals surface area contributed by atoms with Gasteiger partial charge in [-0.15, -0.1) is 0 Å². The van der Waals surface area contributed by atoms with Crippen LogP contribution in [-0.4, -0.2) is 28.0 Å². The van der Waals surface area contributed by atoms with Crippen LogP contribution in [0.5, 0.6) is 0 Å². The molecule has 1 aromatic heterocycles. The summed E-state index contributed by atoms with van der Waals surface area (Å²) in [6.45, 7) is 4.15. The monoisotopic (exact) mass is 365 g/mol. The second-order valence-corrected chi connectivity index (χ2v) is 6.38. The summed E-state index contributed by atoms with van der Waals surface area (Å²) in [5, 5.41) is 2.75. The van der Waals surface area contributed by atoms with Gasteiger partial charge in [-0.25, -0.2) is 4.98 Å². The van der Waals surface area contributed by atoms with Crippen molar-refractivity contribution in [3.8, 4) is 0 Å². The minimum Gasteiger partial charge on any atom is -0.454 e. The molecule has 1 N–H and O–H groups in total. The summed E-state index contributed by atoms with van der Waals surface area (Å²) in [6.07, 6.45) is 0.707. The van der Waals surface area contributed by atoms with E-state index >= 15 is 0 Å². The average Bonchev–Trinajstić information content (AvgIpc) is 3.03. The highest BCUT2D eigenvalue weighted by Crippen LogP contribution is 2.16. The second-order valence-electron chi connectivity index (χ2n) is 6.38. The van der Waals surface area contributed by atoms with Gasteiger partial charge in [-0.05, 0) is 24.6 Å². The summed E-state index contributed by atoms with van der Waals surface area (Å²) in [5.74, 6) is 0.0328. The molecule has 3 rings (SSSR count). The topological polar surface area (TPSA) is 73.2 Å². The number of amides is 1. The largest absolute Gasteiger partial charge is 0.454 e. The van der Waals surface area contributed by atoms with Gasteiger partial charge in [0, 0.05) is 13.0 Å². The first-order valence-corrected chi connectivity index (χ1v) is 8.99. The zero-order valence-electron chi connectivity index (χ0n) is 15.6. The Hall–Kier alpha value is -3.15. The van der Waals surface area contributed by atoms with E-state index in [0.717, 1.165) is 28.0 Å². The van der Waals surface area contributed by atoms with E-state index in [0.29, 0.717) is 13.0 Å². The van der Waals surface area contributed by atoms with Crippen LogP contribution in [0.4, 0.5) is 0 Å². The summed E-state index contributed by atoms with van der Waals surface area (Å²) in [4.78, 5) is 28.6. The van der Waals surface area contributed by atoms with E-state index in [1.165, 1.54) is 0 Å². The molecule has 0 aliphatic heterocycles. The number of benzene rings is 2. The fraction of sp³-hybridized carbons (Fsp3) is 0.286. The molecule has 0 bridgehead atoms. The number of esters is 1. The molecule has 3 aromatic rings. The first-order chi connectivity index (χ1) is 13.1. The molecule has 0 saturated carbocycles. The highest BCUT2D eigenvalue weighted by Gasteiger charge is 2.14. The van der Waals surface area contributed by atoms with Gasteiger partial charge in [0.15, 0.2) is 6.61 Å². The number of carbonyl (C=O) groups excluding carboxylic acids is 2. The lowest BCUT2D eigenvalue weighted by Crippen LogP contribution is -2.29. The molecule has 1 amide bonds. The van der Waals surface area contributed by atoms with Crippen LogP contribution in [0.25, 0.3) is 11.0 Å². The first kappa shape index (κ1) is 18.6. The number of aryl methyl sites for hydroxylation is 2. The van der Waals surface area contributed by atoms with Gasteiger partial charge in [-0.3, -0.25) is 9.59 Å². The molecule has 2 aromatic carbocycles. The molecule has 1 heterocycles. The van der Waals surface area contributed by atoms with Gasteiger partial charge in [0.1, 0.15) is 12.4 Å². The van der Waals surface area contributed by atoms with Crippen LogP contribution in [0.3, 0.4) is 0 Å². The van der Waals surface area contributed by atoms with Gasteiger partial charge in [0.25, 0.3) is 5.91 Å². The fourth-order valence-electron chi connectivity index (χ4n) is 2.85. The molecule has 0 spiro atoms. The van der Waals surface area contributed by atoms with Crippen LogP contribution in [0.15, 0.2) is 48.5 Å². The number of hydrogen-bond donors (Lipinski definition) is 1. The van der Waals surface area contributed by atoms with Gasteiger partial charge in [0.05, 0.1) is 11.0 Å². The lowest BCUT2D eigenvalue weighted by Gasteiger charge is -2.09. The van der Waals surface area contributed by atoms with E-state index in [1.54, 1.807) is 0 Å². The molecule has 27 heavy (non-hydrogen) atoms. The van der Waals surface area contributed by atoms with E-state index in [1.807, 2.05) is 66.9 Å². The van der Waals surface area contributed by atoms with Crippen LogP contribution < -0.4 is 5.32 Å². The fourth-order valence-corrected chi connectivity index (χ4v) is 2.85. The quantitative estimate of drug-likeness (QED) is 0.654. The third kappa shape index (κ3) is 4.73. The number of hydrogen-bond acceptors (Lipinski definition) is 4. The molecule has 0 saturated heterocycles. The average molecular weight is 365 g/mol. The second kappa shape index (κ2) is 8.49. The third-order valence-electron chi connectivity index (χ3n) is 4.31. The van der Waals surface area contributed by atoms with Crippen molar-refractivity contribution in [3.05, 3.63) is 65.5 Å². The summed E-state index contributed by atoms with van der Waals surface area (Å²) in [6, 6.07) is 15.5. The molecule has 0 fully saturated rings. The van der Waals surface area contributed by atoms with Crippen molar-refractivity contribution in [1.29, 1.82) is 0 Å². The number of carbonyl (C=O) groups is 2. The molecular formula is C21H23N3O3. The molecule has 140 valence electrons. The number of imidazole rings is 1. The molecular weight excluding hydrogens is 342 g/mol. The Morgan fingerprint density at radius 3 is 2.59 bits per heavy atom. The summed E-state index contributed by atoms with van der Waals surface area (Å²) < 4.78 is 6.97. The lowest BCUT2D eigenvalue weighted by molar-refractivity contribution is -0.149. The maximum absolute atomic E-state index is 12.2. The van der Waals surface area contributed by atoms with Crippen LogP contribution in [0.2, 0.25) is 0 Å². The molecule has 6 heteroatoms. The number of rotatable bonds is 7. The van der Waals surface area contributed by atoms with E-state index < -0.39 is 5.97 Å². The SMILES string of the molecule is CCc1nc2ccccc2n1CC(=O)OCC(=O)NCc1ccc(C)cc1. The zero-order chi connectivity index (χ0) is 19.2. The van der Waals surface area contributed by atoms with E-state index in [9.17, 15) is 9.59 Å². The van der Waals surface area contributed by atoms with Crippen molar-refractivity contribution in [1.82, 2.24) is 14.9 Å². The highest BCUT2D eigenvalue weighted by atomic mass is 16.5. The first-order valence-electron chi connectivity index (χ1n) is 8.99. The molecule has 0 atom stereocenters. The predicted octanol–water partition coefficient (Wildman–Crippen LogP) is 2.77. The highest BCUT2D eigenvalue weighted by molar-refractivity contribution is 5.82. The van der Waals surface area contributed by atoms with Crippen molar-refractivity contribution >= 4 is 22.9 Å². The van der Waals surface area contributed by atoms with Gasteiger partial charge >= 0.3 is 5.97 Å². The molecule has 6 nitrogen and oxygen atoms in total. The Balaban J connectivity index is 1.52. The predicted molar refractivity (Wildman–Crippen MR) is 103 cm³/mol. The molecule has 0 aliphatic rings. The smallest absolute Gasteiger partial charge is 0.326 e. The number of fused-ring (bicyclic) bond motifs is 1. The number of para-hydroxylation sites is 2. The summed E-state index contributed by atoms with van der Waals surface area (Å²) in [5.41, 5.74) is 3.89. The molecule has 0 unspecified atom stereocenters. The van der Waals surface area contributed by atoms with Crippen LogP contribution in [0, 0.1) is 6.92 Å². The minimum absolute atomic E-state index is 0.0366. The van der Waals surface area contributed by atoms with Crippen molar-refractivity contribution in [2.75, 3.05) is 6.61 Å². The maximum Gasteiger partial charge on any atom is 0.326 e. The lowest BCUT2D eigenvalue weighted by atomic mass is 10.1. The third-order valence-corrected chi connectivity index (χ3v) is 4.31. The summed E-state index contributed by atoms with van der Waals surface area (Å²) >= 11 is 0. The summed E-state index contributed by atoms with van der Waals surface area (Å²) in [7, 11) is 0. The number of aromatic nitrogens is 2. The van der Waals surface area contributed by atoms with E-state index in [2.05, 4.69) is 10.3 Å². The Kier molecular flexibility index (Phi) is 5.86. The normalized spacial score (nSPS) is 10.7. The zero-order valence-corrected chi connectivity index (χ0v) is 15.6. The number of nitrogens with zero attached hydrogens (tertiary/aromatic N) is 2. The van der Waals surface area contributed by atoms with Crippen molar-refractivity contribution in [2.45, 2.75) is 33.4 Å². The maximum atomic E-state index is 12.2. The standard InChI is InChI=1S/C21H23N3O3/c1-3-19-23-17-6-4-5-7-18(17)24(19)13-21(26)27-14-20(25)22-12-16-10-8-15(2)9-11-16/h4-11H,3,12-14H2,1-2H3,(H,22,25). The van der Waals surface area contributed by atoms with Crippen LogP contribution in [0.1, 0.15) is 23.9 Å². The molecule has 0 aliphatic carbocycles. The van der Waals surface area contributed by atoms with Gasteiger partial charge in [-0.1, -0.05) is 48.9 Å². The number of nitrogens with one attached hydrogen (secondary N) is 1. The van der Waals surface area contributed by atoms with Gasteiger partial charge in [0.2, 0.25) is 0 Å². The number of ether oxygens (including phenoxy) is 1. The Bertz CT molecular complexity index is 945. The van der Waals surface area contributed by atoms with Crippen LogP contribution in [-0.2, 0) is 33.8 Å². The van der Waals surface area contributed by atoms with Crippen molar-refractivity contribution in [2.24, 2.45) is 0 Å². The Morgan fingerprint density at radius 2 is 1.85 bits per heavy atom. The Labute approximate surface area is 158 Å². The van der Waals surface area contributed by atoms with Crippen molar-refractivity contribution in [3.63, 3.8) is 0 Å². The molecule has 0 radical (unpaired) electrons. The van der Waals surface area contributed by atoms with Crippen molar-refractivity contribution < 1.29 is 14.3 Å². The minimum atomic E-state index is -0.460. The van der Waals surface area contributed by atoms with Gasteiger partial charge < -0.3 is 14.6 Å². The van der Waals surface area contributed by atoms with E-state index in [-0.39, 0.29) is 19.1 Å². The van der Waals surface area contributed by atoms with E-state index in [4.69, 9.17) is 4.74 Å².